The molecule has 2 rings (SSSR count). The Kier molecular flexibility index (Phi) is 5.31. The van der Waals surface area contributed by atoms with Crippen LogP contribution in [0.3, 0.4) is 0 Å². The molecule has 0 radical (unpaired) electrons. The van der Waals surface area contributed by atoms with Gasteiger partial charge in [0, 0.05) is 26.2 Å². The van der Waals surface area contributed by atoms with E-state index in [2.05, 4.69) is 0 Å². The number of hydrogen-bond acceptors (Lipinski definition) is 3. The van der Waals surface area contributed by atoms with E-state index in [0.717, 1.165) is 5.69 Å². The summed E-state index contributed by atoms with van der Waals surface area (Å²) >= 11 is 0. The van der Waals surface area contributed by atoms with Crippen LogP contribution >= 0.6 is 12.4 Å². The summed E-state index contributed by atoms with van der Waals surface area (Å²) in [5, 5.41) is 0. The Bertz CT molecular complexity index is 411. The van der Waals surface area contributed by atoms with E-state index >= 15 is 0 Å². The quantitative estimate of drug-likeness (QED) is 0.928. The highest BCUT2D eigenvalue weighted by atomic mass is 35.5. The van der Waals surface area contributed by atoms with Gasteiger partial charge in [-0.15, -0.1) is 12.4 Å². The number of nitrogens with zero attached hydrogens (tertiary/aromatic N) is 2. The number of anilines is 2. The average molecular weight is 296 g/mol. The molecule has 0 spiro atoms. The van der Waals surface area contributed by atoms with E-state index in [9.17, 15) is 13.2 Å². The van der Waals surface area contributed by atoms with Crippen LogP contribution in [0.25, 0.3) is 0 Å². The fraction of sp³-hybridized carbons (Fsp3) is 0.500. The topological polar surface area (TPSA) is 32.5 Å². The summed E-state index contributed by atoms with van der Waals surface area (Å²) in [6.07, 6.45) is -4.18. The zero-order valence-corrected chi connectivity index (χ0v) is 11.2. The van der Waals surface area contributed by atoms with Gasteiger partial charge in [0.05, 0.1) is 11.4 Å². The van der Waals surface area contributed by atoms with Crippen molar-refractivity contribution in [1.82, 2.24) is 0 Å². The first-order valence-corrected chi connectivity index (χ1v) is 5.87. The fourth-order valence-electron chi connectivity index (χ4n) is 2.25. The first-order chi connectivity index (χ1) is 8.51. The maximum atomic E-state index is 12.5. The lowest BCUT2D eigenvalue weighted by Crippen LogP contribution is -2.46. The summed E-state index contributed by atoms with van der Waals surface area (Å²) in [5.74, 6) is 0. The minimum Gasteiger partial charge on any atom is -0.367 e. The molecule has 19 heavy (non-hydrogen) atoms. The predicted octanol–water partition coefficient (Wildman–Crippen LogP) is 2.26. The Morgan fingerprint density at radius 3 is 2.11 bits per heavy atom. The molecule has 1 aliphatic rings. The Morgan fingerprint density at radius 2 is 1.58 bits per heavy atom. The maximum absolute atomic E-state index is 12.5. The molecule has 1 heterocycles. The lowest BCUT2D eigenvalue weighted by molar-refractivity contribution is -0.119. The lowest BCUT2D eigenvalue weighted by atomic mass is 10.1. The summed E-state index contributed by atoms with van der Waals surface area (Å²) < 4.78 is 37.5. The number of rotatable bonds is 3. The molecule has 3 nitrogen and oxygen atoms in total. The van der Waals surface area contributed by atoms with Crippen molar-refractivity contribution in [2.75, 3.05) is 42.5 Å². The second kappa shape index (κ2) is 6.34. The smallest absolute Gasteiger partial charge is 0.367 e. The van der Waals surface area contributed by atoms with Gasteiger partial charge in [0.25, 0.3) is 0 Å². The molecular weight excluding hydrogens is 279 g/mol. The molecule has 108 valence electrons. The van der Waals surface area contributed by atoms with Crippen LogP contribution in [0.4, 0.5) is 24.5 Å². The standard InChI is InChI=1S/C12H16F3N3.ClH/c13-12(14,15)9-18-8-7-17(6-5-16)10-3-1-2-4-11(10)18;/h1-4H,5-9,16H2;1H. The molecule has 1 aliphatic heterocycles. The van der Waals surface area contributed by atoms with Gasteiger partial charge in [-0.1, -0.05) is 12.1 Å². The molecule has 1 aromatic carbocycles. The summed E-state index contributed by atoms with van der Waals surface area (Å²) in [5.41, 5.74) is 6.98. The van der Waals surface area contributed by atoms with E-state index in [-0.39, 0.29) is 12.4 Å². The Morgan fingerprint density at radius 1 is 1.05 bits per heavy atom. The SMILES string of the molecule is Cl.NCCN1CCN(CC(F)(F)F)c2ccccc21. The van der Waals surface area contributed by atoms with Crippen LogP contribution < -0.4 is 15.5 Å². The van der Waals surface area contributed by atoms with Gasteiger partial charge in [-0.3, -0.25) is 0 Å². The van der Waals surface area contributed by atoms with Crippen LogP contribution in [-0.4, -0.2) is 38.9 Å². The van der Waals surface area contributed by atoms with Crippen molar-refractivity contribution in [1.29, 1.82) is 0 Å². The van der Waals surface area contributed by atoms with Crippen molar-refractivity contribution in [3.05, 3.63) is 24.3 Å². The van der Waals surface area contributed by atoms with Crippen molar-refractivity contribution >= 4 is 23.8 Å². The molecule has 0 amide bonds. The zero-order chi connectivity index (χ0) is 13.2. The van der Waals surface area contributed by atoms with Gasteiger partial charge < -0.3 is 15.5 Å². The van der Waals surface area contributed by atoms with E-state index < -0.39 is 12.7 Å². The number of nitrogens with two attached hydrogens (primary N) is 1. The predicted molar refractivity (Wildman–Crippen MR) is 73.2 cm³/mol. The highest BCUT2D eigenvalue weighted by Gasteiger charge is 2.33. The van der Waals surface area contributed by atoms with Gasteiger partial charge in [-0.25, -0.2) is 0 Å². The van der Waals surface area contributed by atoms with Gasteiger partial charge in [-0.05, 0) is 12.1 Å². The van der Waals surface area contributed by atoms with Crippen LogP contribution in [0, 0.1) is 0 Å². The van der Waals surface area contributed by atoms with Crippen LogP contribution in [0.1, 0.15) is 0 Å². The highest BCUT2D eigenvalue weighted by Crippen LogP contribution is 2.34. The van der Waals surface area contributed by atoms with E-state index in [1.54, 1.807) is 12.1 Å². The second-order valence-electron chi connectivity index (χ2n) is 4.30. The van der Waals surface area contributed by atoms with Gasteiger partial charge in [0.1, 0.15) is 6.54 Å². The van der Waals surface area contributed by atoms with Crippen molar-refractivity contribution in [2.45, 2.75) is 6.18 Å². The third kappa shape index (κ3) is 3.91. The molecule has 0 bridgehead atoms. The fourth-order valence-corrected chi connectivity index (χ4v) is 2.25. The molecule has 0 atom stereocenters. The minimum absolute atomic E-state index is 0. The molecule has 0 saturated heterocycles. The Labute approximate surface area is 116 Å². The monoisotopic (exact) mass is 295 g/mol. The van der Waals surface area contributed by atoms with E-state index in [1.165, 1.54) is 4.90 Å². The van der Waals surface area contributed by atoms with Crippen LogP contribution in [-0.2, 0) is 0 Å². The van der Waals surface area contributed by atoms with Crippen LogP contribution in [0.2, 0.25) is 0 Å². The van der Waals surface area contributed by atoms with Gasteiger partial charge in [-0.2, -0.15) is 13.2 Å². The second-order valence-corrected chi connectivity index (χ2v) is 4.30. The third-order valence-electron chi connectivity index (χ3n) is 2.97. The third-order valence-corrected chi connectivity index (χ3v) is 2.97. The number of fused-ring (bicyclic) bond motifs is 1. The molecule has 1 aromatic rings. The molecule has 7 heteroatoms. The number of benzene rings is 1. The summed E-state index contributed by atoms with van der Waals surface area (Å²) in [4.78, 5) is 3.41. The van der Waals surface area contributed by atoms with Crippen molar-refractivity contribution < 1.29 is 13.2 Å². The summed E-state index contributed by atoms with van der Waals surface area (Å²) in [7, 11) is 0. The van der Waals surface area contributed by atoms with Crippen molar-refractivity contribution in [2.24, 2.45) is 5.73 Å². The Balaban J connectivity index is 0.00000180. The lowest BCUT2D eigenvalue weighted by Gasteiger charge is -2.39. The Hall–Kier alpha value is -1.14. The van der Waals surface area contributed by atoms with Gasteiger partial charge in [0.15, 0.2) is 0 Å². The number of alkyl halides is 3. The largest absolute Gasteiger partial charge is 0.405 e. The zero-order valence-electron chi connectivity index (χ0n) is 10.4. The maximum Gasteiger partial charge on any atom is 0.405 e. The molecule has 0 aliphatic carbocycles. The van der Waals surface area contributed by atoms with Gasteiger partial charge in [0.2, 0.25) is 0 Å². The molecule has 0 fully saturated rings. The summed E-state index contributed by atoms with van der Waals surface area (Å²) in [6, 6.07) is 7.16. The summed E-state index contributed by atoms with van der Waals surface area (Å²) in [6.45, 7) is 1.20. The highest BCUT2D eigenvalue weighted by molar-refractivity contribution is 5.85. The molecule has 0 aromatic heterocycles. The minimum atomic E-state index is -4.18. The number of hydrogen-bond donors (Lipinski definition) is 1. The van der Waals surface area contributed by atoms with Gasteiger partial charge >= 0.3 is 6.18 Å². The van der Waals surface area contributed by atoms with Crippen molar-refractivity contribution in [3.63, 3.8) is 0 Å². The average Bonchev–Trinajstić information content (AvgIpc) is 2.31. The van der Waals surface area contributed by atoms with E-state index in [1.807, 2.05) is 17.0 Å². The number of halogens is 4. The number of para-hydroxylation sites is 2. The van der Waals surface area contributed by atoms with Crippen molar-refractivity contribution in [3.8, 4) is 0 Å². The first-order valence-electron chi connectivity index (χ1n) is 5.87. The van der Waals surface area contributed by atoms with E-state index in [0.29, 0.717) is 31.9 Å². The van der Waals surface area contributed by atoms with E-state index in [4.69, 9.17) is 5.73 Å². The first kappa shape index (κ1) is 15.9. The normalized spacial score (nSPS) is 14.9. The van der Waals surface area contributed by atoms with Crippen LogP contribution in [0.5, 0.6) is 0 Å². The molecule has 2 N–H and O–H groups in total. The molecular formula is C12H17ClF3N3. The van der Waals surface area contributed by atoms with Crippen LogP contribution in [0.15, 0.2) is 24.3 Å². The molecule has 0 unspecified atom stereocenters. The molecule has 0 saturated carbocycles.